The summed E-state index contributed by atoms with van der Waals surface area (Å²) in [7, 11) is 12.5. The Labute approximate surface area is 184 Å². The SMILES string of the molecule is [B]C([B])(c1ncccn1)N1CCOc2ccc(-c3ccc(OC(F)(F)F)cc3)cc2C1=O. The normalized spacial score (nSPS) is 14.3. The molecule has 0 fully saturated rings. The van der Waals surface area contributed by atoms with E-state index in [0.717, 1.165) is 0 Å². The number of benzene rings is 2. The number of carbonyl (C=O) groups is 1. The van der Waals surface area contributed by atoms with Crippen molar-refractivity contribution in [3.05, 3.63) is 72.3 Å². The van der Waals surface area contributed by atoms with Crippen LogP contribution in [0.1, 0.15) is 16.2 Å². The van der Waals surface area contributed by atoms with E-state index in [9.17, 15) is 18.0 Å². The maximum absolute atomic E-state index is 13.3. The predicted molar refractivity (Wildman–Crippen MR) is 110 cm³/mol. The summed E-state index contributed by atoms with van der Waals surface area (Å²) in [6.07, 6.45) is -1.85. The molecule has 4 rings (SSSR count). The summed E-state index contributed by atoms with van der Waals surface area (Å²) in [6.45, 7) is 0.238. The molecule has 6 nitrogen and oxygen atoms in total. The van der Waals surface area contributed by atoms with Gasteiger partial charge in [-0.15, -0.1) is 13.2 Å². The largest absolute Gasteiger partial charge is 0.573 e. The Morgan fingerprint density at radius 3 is 2.31 bits per heavy atom. The molecule has 11 heteroatoms. The van der Waals surface area contributed by atoms with Gasteiger partial charge in [0, 0.05) is 17.7 Å². The van der Waals surface area contributed by atoms with Crippen LogP contribution in [0.3, 0.4) is 0 Å². The van der Waals surface area contributed by atoms with Crippen LogP contribution >= 0.6 is 0 Å². The summed E-state index contributed by atoms with van der Waals surface area (Å²) in [6, 6.07) is 11.8. The lowest BCUT2D eigenvalue weighted by Crippen LogP contribution is -2.52. The predicted octanol–water partition coefficient (Wildman–Crippen LogP) is 3.02. The lowest BCUT2D eigenvalue weighted by molar-refractivity contribution is -0.274. The lowest BCUT2D eigenvalue weighted by Gasteiger charge is -2.37. The molecule has 0 bridgehead atoms. The summed E-state index contributed by atoms with van der Waals surface area (Å²) in [4.78, 5) is 22.7. The van der Waals surface area contributed by atoms with Gasteiger partial charge in [0.25, 0.3) is 5.91 Å². The topological polar surface area (TPSA) is 64.6 Å². The summed E-state index contributed by atoms with van der Waals surface area (Å²) >= 11 is 0. The lowest BCUT2D eigenvalue weighted by atomic mass is 9.59. The van der Waals surface area contributed by atoms with Crippen LogP contribution in [-0.2, 0) is 5.34 Å². The number of halogens is 3. The molecule has 1 aromatic heterocycles. The number of hydrogen-bond donors (Lipinski definition) is 0. The number of ether oxygens (including phenoxy) is 2. The number of alkyl halides is 3. The van der Waals surface area contributed by atoms with Crippen molar-refractivity contribution in [1.82, 2.24) is 14.9 Å². The number of rotatable bonds is 4. The van der Waals surface area contributed by atoms with Crippen LogP contribution in [-0.4, -0.2) is 56.0 Å². The van der Waals surface area contributed by atoms with Crippen molar-refractivity contribution in [2.24, 2.45) is 0 Å². The Morgan fingerprint density at radius 1 is 1.00 bits per heavy atom. The zero-order valence-corrected chi connectivity index (χ0v) is 16.5. The molecule has 1 amide bonds. The molecular weight excluding hydrogens is 421 g/mol. The minimum atomic E-state index is -4.78. The van der Waals surface area contributed by atoms with E-state index in [-0.39, 0.29) is 30.3 Å². The molecule has 0 atom stereocenters. The smallest absolute Gasteiger partial charge is 0.491 e. The molecule has 0 N–H and O–H groups in total. The summed E-state index contributed by atoms with van der Waals surface area (Å²) in [5.74, 6) is -0.439. The van der Waals surface area contributed by atoms with Crippen molar-refractivity contribution in [1.29, 1.82) is 0 Å². The van der Waals surface area contributed by atoms with Gasteiger partial charge in [-0.25, -0.2) is 9.97 Å². The van der Waals surface area contributed by atoms with Gasteiger partial charge in [0.05, 0.1) is 12.1 Å². The second kappa shape index (κ2) is 8.22. The molecule has 0 unspecified atom stereocenters. The average molecular weight is 435 g/mol. The second-order valence-electron chi connectivity index (χ2n) is 6.99. The van der Waals surface area contributed by atoms with Gasteiger partial charge in [-0.1, -0.05) is 18.2 Å². The molecule has 2 aromatic carbocycles. The minimum absolute atomic E-state index is 0.0632. The molecule has 2 heterocycles. The first-order valence-corrected chi connectivity index (χ1v) is 9.45. The molecule has 1 aliphatic heterocycles. The first-order valence-electron chi connectivity index (χ1n) is 9.45. The Bertz CT molecular complexity index is 1130. The van der Waals surface area contributed by atoms with Gasteiger partial charge in [0.15, 0.2) is 0 Å². The third-order valence-corrected chi connectivity index (χ3v) is 4.82. The zero-order chi connectivity index (χ0) is 22.9. The fraction of sp³-hybridized carbons (Fsp3) is 0.190. The Morgan fingerprint density at radius 2 is 1.66 bits per heavy atom. The Kier molecular flexibility index (Phi) is 5.58. The van der Waals surface area contributed by atoms with E-state index in [1.807, 2.05) is 0 Å². The monoisotopic (exact) mass is 435 g/mol. The Balaban J connectivity index is 1.66. The molecule has 0 aliphatic carbocycles. The van der Waals surface area contributed by atoms with E-state index in [2.05, 4.69) is 14.7 Å². The molecule has 4 radical (unpaired) electrons. The van der Waals surface area contributed by atoms with E-state index in [1.165, 1.54) is 41.6 Å². The van der Waals surface area contributed by atoms with E-state index in [0.29, 0.717) is 16.9 Å². The van der Waals surface area contributed by atoms with Crippen molar-refractivity contribution in [3.63, 3.8) is 0 Å². The van der Waals surface area contributed by atoms with Gasteiger partial charge < -0.3 is 14.4 Å². The van der Waals surface area contributed by atoms with Crippen LogP contribution in [0.15, 0.2) is 60.9 Å². The Hall–Kier alpha value is -3.49. The molecule has 0 spiro atoms. The summed E-state index contributed by atoms with van der Waals surface area (Å²) in [5.41, 5.74) is 1.35. The van der Waals surface area contributed by atoms with E-state index in [4.69, 9.17) is 20.4 Å². The van der Waals surface area contributed by atoms with Crippen LogP contribution in [0.5, 0.6) is 11.5 Å². The van der Waals surface area contributed by atoms with Crippen molar-refractivity contribution in [2.45, 2.75) is 11.7 Å². The number of hydrogen-bond acceptors (Lipinski definition) is 5. The highest BCUT2D eigenvalue weighted by Crippen LogP contribution is 2.33. The van der Waals surface area contributed by atoms with Crippen molar-refractivity contribution in [3.8, 4) is 22.6 Å². The summed E-state index contributed by atoms with van der Waals surface area (Å²) in [5, 5.41) is -1.78. The van der Waals surface area contributed by atoms with Gasteiger partial charge >= 0.3 is 6.36 Å². The van der Waals surface area contributed by atoms with Gasteiger partial charge in [-0.05, 0) is 41.5 Å². The van der Waals surface area contributed by atoms with E-state index in [1.54, 1.807) is 24.3 Å². The maximum Gasteiger partial charge on any atom is 0.573 e. The zero-order valence-electron chi connectivity index (χ0n) is 16.5. The fourth-order valence-corrected chi connectivity index (χ4v) is 3.33. The van der Waals surface area contributed by atoms with Crippen molar-refractivity contribution < 1.29 is 27.4 Å². The molecule has 1 aliphatic rings. The van der Waals surface area contributed by atoms with Gasteiger partial charge in [-0.3, -0.25) is 4.79 Å². The number of amides is 1. The fourth-order valence-electron chi connectivity index (χ4n) is 3.33. The van der Waals surface area contributed by atoms with Crippen molar-refractivity contribution >= 4 is 21.6 Å². The minimum Gasteiger partial charge on any atom is -0.491 e. The third kappa shape index (κ3) is 4.41. The van der Waals surface area contributed by atoms with Crippen LogP contribution < -0.4 is 9.47 Å². The summed E-state index contributed by atoms with van der Waals surface area (Å²) < 4.78 is 46.7. The highest BCUT2D eigenvalue weighted by Gasteiger charge is 2.37. The molecule has 0 saturated carbocycles. The maximum atomic E-state index is 13.3. The standard InChI is InChI=1S/C21H14B2F3N3O3/c22-20(23,19-27-8-1-9-28-19)29-10-11-31-17-7-4-14(12-16(17)18(29)30)13-2-5-15(6-3-13)32-21(24,25)26/h1-9,12H,10-11H2. The highest BCUT2D eigenvalue weighted by atomic mass is 19.4. The molecular formula is C21H14B2F3N3O3. The third-order valence-electron chi connectivity index (χ3n) is 4.82. The second-order valence-corrected chi connectivity index (χ2v) is 6.99. The molecule has 0 saturated heterocycles. The molecule has 32 heavy (non-hydrogen) atoms. The van der Waals surface area contributed by atoms with Gasteiger partial charge in [-0.2, -0.15) is 0 Å². The number of fused-ring (bicyclic) bond motifs is 1. The van der Waals surface area contributed by atoms with Crippen LogP contribution in [0.4, 0.5) is 13.2 Å². The quantitative estimate of drug-likeness (QED) is 0.590. The van der Waals surface area contributed by atoms with Gasteiger partial charge in [0.1, 0.15) is 39.6 Å². The molecule has 3 aromatic rings. The van der Waals surface area contributed by atoms with Gasteiger partial charge in [0.2, 0.25) is 0 Å². The average Bonchev–Trinajstić information content (AvgIpc) is 2.93. The number of aromatic nitrogens is 2. The van der Waals surface area contributed by atoms with Crippen LogP contribution in [0.2, 0.25) is 0 Å². The highest BCUT2D eigenvalue weighted by molar-refractivity contribution is 6.40. The van der Waals surface area contributed by atoms with Crippen LogP contribution in [0, 0.1) is 0 Å². The molecule has 158 valence electrons. The number of nitrogens with zero attached hydrogens (tertiary/aromatic N) is 3. The first kappa shape index (κ1) is 21.7. The van der Waals surface area contributed by atoms with E-state index >= 15 is 0 Å². The van der Waals surface area contributed by atoms with Crippen LogP contribution in [0.25, 0.3) is 11.1 Å². The number of carbonyl (C=O) groups excluding carboxylic acids is 1. The van der Waals surface area contributed by atoms with E-state index < -0.39 is 17.6 Å². The van der Waals surface area contributed by atoms with Crippen molar-refractivity contribution in [2.75, 3.05) is 13.2 Å². The first-order chi connectivity index (χ1) is 15.1.